The molecule has 4 nitrogen and oxygen atoms in total. The first kappa shape index (κ1) is 11.4. The highest BCUT2D eigenvalue weighted by Gasteiger charge is 2.02. The Morgan fingerprint density at radius 3 is 2.53 bits per heavy atom. The van der Waals surface area contributed by atoms with E-state index < -0.39 is 6.03 Å². The van der Waals surface area contributed by atoms with Gasteiger partial charge in [0, 0.05) is 0 Å². The number of benzene rings is 1. The molecular formula is C11H16N2O2. The quantitative estimate of drug-likeness (QED) is 0.733. The number of amides is 2. The van der Waals surface area contributed by atoms with Gasteiger partial charge in [0.1, 0.15) is 12.4 Å². The Bertz CT molecular complexity index is 330. The van der Waals surface area contributed by atoms with Crippen molar-refractivity contribution < 1.29 is 9.53 Å². The zero-order chi connectivity index (χ0) is 11.3. The van der Waals surface area contributed by atoms with E-state index in [2.05, 4.69) is 5.32 Å². The van der Waals surface area contributed by atoms with Crippen molar-refractivity contribution in [2.24, 2.45) is 5.73 Å². The topological polar surface area (TPSA) is 64.3 Å². The predicted molar refractivity (Wildman–Crippen MR) is 59.0 cm³/mol. The van der Waals surface area contributed by atoms with Gasteiger partial charge in [-0.1, -0.05) is 18.2 Å². The van der Waals surface area contributed by atoms with Crippen LogP contribution >= 0.6 is 0 Å². The first-order chi connectivity index (χ1) is 7.11. The van der Waals surface area contributed by atoms with Gasteiger partial charge in [0.25, 0.3) is 0 Å². The maximum absolute atomic E-state index is 10.4. The molecule has 4 heteroatoms. The lowest BCUT2D eigenvalue weighted by molar-refractivity contribution is 0.244. The van der Waals surface area contributed by atoms with Crippen LogP contribution in [0.3, 0.4) is 0 Å². The van der Waals surface area contributed by atoms with E-state index in [1.165, 1.54) is 0 Å². The van der Waals surface area contributed by atoms with E-state index in [0.717, 1.165) is 16.9 Å². The molecule has 15 heavy (non-hydrogen) atoms. The van der Waals surface area contributed by atoms with Crippen LogP contribution in [0.1, 0.15) is 11.1 Å². The van der Waals surface area contributed by atoms with E-state index in [1.807, 2.05) is 32.0 Å². The number of primary amides is 1. The Morgan fingerprint density at radius 2 is 2.00 bits per heavy atom. The number of hydrogen-bond acceptors (Lipinski definition) is 2. The second kappa shape index (κ2) is 5.24. The van der Waals surface area contributed by atoms with Gasteiger partial charge in [-0.05, 0) is 25.0 Å². The summed E-state index contributed by atoms with van der Waals surface area (Å²) in [5, 5.41) is 2.47. The van der Waals surface area contributed by atoms with Gasteiger partial charge in [-0.2, -0.15) is 0 Å². The first-order valence-corrected chi connectivity index (χ1v) is 4.83. The van der Waals surface area contributed by atoms with Crippen LogP contribution in [0.25, 0.3) is 0 Å². The van der Waals surface area contributed by atoms with Crippen molar-refractivity contribution in [1.29, 1.82) is 0 Å². The molecule has 82 valence electrons. The van der Waals surface area contributed by atoms with Gasteiger partial charge in [0.2, 0.25) is 0 Å². The lowest BCUT2D eigenvalue weighted by atomic mass is 10.1. The van der Waals surface area contributed by atoms with E-state index in [1.54, 1.807) is 0 Å². The molecule has 0 aromatic heterocycles. The van der Waals surface area contributed by atoms with Crippen LogP contribution in [0.4, 0.5) is 4.79 Å². The van der Waals surface area contributed by atoms with E-state index in [9.17, 15) is 4.79 Å². The van der Waals surface area contributed by atoms with Crippen LogP contribution < -0.4 is 15.8 Å². The maximum atomic E-state index is 10.4. The van der Waals surface area contributed by atoms with Crippen molar-refractivity contribution in [3.63, 3.8) is 0 Å². The normalized spacial score (nSPS) is 9.73. The molecule has 1 aromatic rings. The molecule has 0 atom stereocenters. The second-order valence-electron chi connectivity index (χ2n) is 3.36. The minimum atomic E-state index is -0.528. The molecule has 0 aliphatic carbocycles. The van der Waals surface area contributed by atoms with Crippen molar-refractivity contribution in [3.05, 3.63) is 29.3 Å². The van der Waals surface area contributed by atoms with Gasteiger partial charge in [0.15, 0.2) is 0 Å². The van der Waals surface area contributed by atoms with Crippen LogP contribution in [0, 0.1) is 13.8 Å². The molecule has 0 bridgehead atoms. The fraction of sp³-hybridized carbons (Fsp3) is 0.364. The van der Waals surface area contributed by atoms with Crippen molar-refractivity contribution in [2.45, 2.75) is 13.8 Å². The number of carbonyl (C=O) groups is 1. The Labute approximate surface area is 89.4 Å². The Kier molecular flexibility index (Phi) is 3.97. The molecule has 0 saturated carbocycles. The van der Waals surface area contributed by atoms with Crippen LogP contribution in [-0.2, 0) is 0 Å². The summed E-state index contributed by atoms with van der Waals surface area (Å²) in [5.74, 6) is 0.878. The summed E-state index contributed by atoms with van der Waals surface area (Å²) in [4.78, 5) is 10.4. The molecule has 1 aromatic carbocycles. The first-order valence-electron chi connectivity index (χ1n) is 4.83. The number of para-hydroxylation sites is 1. The molecule has 1 rings (SSSR count). The summed E-state index contributed by atoms with van der Waals surface area (Å²) in [5.41, 5.74) is 7.11. The summed E-state index contributed by atoms with van der Waals surface area (Å²) < 4.78 is 5.55. The van der Waals surface area contributed by atoms with E-state index >= 15 is 0 Å². The number of aryl methyl sites for hydroxylation is 2. The van der Waals surface area contributed by atoms with Crippen molar-refractivity contribution in [1.82, 2.24) is 5.32 Å². The number of ether oxygens (including phenoxy) is 1. The highest BCUT2D eigenvalue weighted by molar-refractivity contribution is 5.71. The molecule has 0 fully saturated rings. The van der Waals surface area contributed by atoms with E-state index in [4.69, 9.17) is 10.5 Å². The summed E-state index contributed by atoms with van der Waals surface area (Å²) >= 11 is 0. The second-order valence-corrected chi connectivity index (χ2v) is 3.36. The molecular weight excluding hydrogens is 192 g/mol. The molecule has 2 amide bonds. The Hall–Kier alpha value is -1.71. The number of nitrogens with one attached hydrogen (secondary N) is 1. The van der Waals surface area contributed by atoms with Crippen LogP contribution in [-0.4, -0.2) is 19.2 Å². The summed E-state index contributed by atoms with van der Waals surface area (Å²) in [6, 6.07) is 5.44. The highest BCUT2D eigenvalue weighted by Crippen LogP contribution is 2.21. The SMILES string of the molecule is Cc1cccc(C)c1OCCNC(N)=O. The average molecular weight is 208 g/mol. The van der Waals surface area contributed by atoms with Gasteiger partial charge in [-0.3, -0.25) is 0 Å². The van der Waals surface area contributed by atoms with Gasteiger partial charge in [-0.25, -0.2) is 4.79 Å². The molecule has 0 aliphatic rings. The molecule has 0 unspecified atom stereocenters. The van der Waals surface area contributed by atoms with Gasteiger partial charge in [-0.15, -0.1) is 0 Å². The van der Waals surface area contributed by atoms with Crippen LogP contribution in [0.15, 0.2) is 18.2 Å². The highest BCUT2D eigenvalue weighted by atomic mass is 16.5. The lowest BCUT2D eigenvalue weighted by Crippen LogP contribution is -2.32. The molecule has 0 spiro atoms. The zero-order valence-electron chi connectivity index (χ0n) is 9.04. The average Bonchev–Trinajstić information content (AvgIpc) is 2.15. The molecule has 0 saturated heterocycles. The number of hydrogen-bond donors (Lipinski definition) is 2. The predicted octanol–water partition coefficient (Wildman–Crippen LogP) is 1.35. The van der Waals surface area contributed by atoms with Crippen molar-refractivity contribution >= 4 is 6.03 Å². The molecule has 3 N–H and O–H groups in total. The Morgan fingerprint density at radius 1 is 1.40 bits per heavy atom. The fourth-order valence-electron chi connectivity index (χ4n) is 1.35. The Balaban J connectivity index is 2.47. The smallest absolute Gasteiger partial charge is 0.312 e. The number of carbonyl (C=O) groups excluding carboxylic acids is 1. The van der Waals surface area contributed by atoms with E-state index in [-0.39, 0.29) is 0 Å². The monoisotopic (exact) mass is 208 g/mol. The number of nitrogens with two attached hydrogens (primary N) is 1. The van der Waals surface area contributed by atoms with Crippen LogP contribution in [0.2, 0.25) is 0 Å². The minimum Gasteiger partial charge on any atom is -0.491 e. The number of rotatable bonds is 4. The largest absolute Gasteiger partial charge is 0.491 e. The fourth-order valence-corrected chi connectivity index (χ4v) is 1.35. The third kappa shape index (κ3) is 3.50. The van der Waals surface area contributed by atoms with Gasteiger partial charge >= 0.3 is 6.03 Å². The standard InChI is InChI=1S/C11H16N2O2/c1-8-4-3-5-9(2)10(8)15-7-6-13-11(12)14/h3-5H,6-7H2,1-2H3,(H3,12,13,14). The minimum absolute atomic E-state index is 0.420. The van der Waals surface area contributed by atoms with Crippen LogP contribution in [0.5, 0.6) is 5.75 Å². The molecule has 0 aliphatic heterocycles. The third-order valence-electron chi connectivity index (χ3n) is 2.06. The lowest BCUT2D eigenvalue weighted by Gasteiger charge is -2.11. The summed E-state index contributed by atoms with van der Waals surface area (Å²) in [6.07, 6.45) is 0. The van der Waals surface area contributed by atoms with Crippen molar-refractivity contribution in [2.75, 3.05) is 13.2 Å². The zero-order valence-corrected chi connectivity index (χ0v) is 9.04. The summed E-state index contributed by atoms with van der Waals surface area (Å²) in [7, 11) is 0. The summed E-state index contributed by atoms with van der Waals surface area (Å²) in [6.45, 7) is 4.82. The maximum Gasteiger partial charge on any atom is 0.312 e. The molecule has 0 radical (unpaired) electrons. The van der Waals surface area contributed by atoms with Gasteiger partial charge < -0.3 is 15.8 Å². The van der Waals surface area contributed by atoms with Gasteiger partial charge in [0.05, 0.1) is 6.54 Å². The molecule has 0 heterocycles. The number of urea groups is 1. The third-order valence-corrected chi connectivity index (χ3v) is 2.06. The van der Waals surface area contributed by atoms with Crippen molar-refractivity contribution in [3.8, 4) is 5.75 Å². The van der Waals surface area contributed by atoms with E-state index in [0.29, 0.717) is 13.2 Å².